The van der Waals surface area contributed by atoms with Crippen LogP contribution in [-0.2, 0) is 0 Å². The number of fused-ring (bicyclic) bond motifs is 1. The fraction of sp³-hybridized carbons (Fsp3) is 0. The molecule has 4 aromatic rings. The van der Waals surface area contributed by atoms with E-state index in [1.807, 2.05) is 30.3 Å². The summed E-state index contributed by atoms with van der Waals surface area (Å²) in [5.74, 6) is 0.794. The maximum Gasteiger partial charge on any atom is 0.249 e. The topological polar surface area (TPSA) is 75.6 Å². The Bertz CT molecular complexity index is 1060. The van der Waals surface area contributed by atoms with Gasteiger partial charge in [0, 0.05) is 11.6 Å². The fourth-order valence-electron chi connectivity index (χ4n) is 2.49. The summed E-state index contributed by atoms with van der Waals surface area (Å²) in [4.78, 5) is 8.83. The average Bonchev–Trinajstić information content (AvgIpc) is 2.66. The Morgan fingerprint density at radius 1 is 0.846 bits per heavy atom. The molecular formula is C18H12Cl2N6. The summed E-state index contributed by atoms with van der Waals surface area (Å²) >= 11 is 12.3. The third-order valence-electron chi connectivity index (χ3n) is 3.65. The zero-order chi connectivity index (χ0) is 17.9. The minimum atomic E-state index is 0.276. The number of aromatic nitrogens is 4. The molecule has 0 saturated heterocycles. The first kappa shape index (κ1) is 16.5. The van der Waals surface area contributed by atoms with Gasteiger partial charge in [0.15, 0.2) is 5.82 Å². The molecule has 0 spiro atoms. The van der Waals surface area contributed by atoms with Crippen molar-refractivity contribution in [2.75, 3.05) is 10.6 Å². The molecule has 0 fully saturated rings. The molecule has 0 aliphatic rings. The van der Waals surface area contributed by atoms with Crippen molar-refractivity contribution in [2.24, 2.45) is 0 Å². The molecular weight excluding hydrogens is 371 g/mol. The van der Waals surface area contributed by atoms with Crippen molar-refractivity contribution >= 4 is 57.2 Å². The molecule has 26 heavy (non-hydrogen) atoms. The number of nitrogens with zero attached hydrogens (tertiary/aromatic N) is 4. The van der Waals surface area contributed by atoms with E-state index < -0.39 is 0 Å². The lowest BCUT2D eigenvalue weighted by molar-refractivity contribution is 0.982. The van der Waals surface area contributed by atoms with Crippen LogP contribution in [0.3, 0.4) is 0 Å². The Morgan fingerprint density at radius 2 is 1.62 bits per heavy atom. The molecule has 0 amide bonds. The molecule has 0 bridgehead atoms. The SMILES string of the molecule is Clc1cccc(Cl)c1Nc1nncc(Nc2cccc3cccnc23)n1. The number of pyridine rings is 1. The van der Waals surface area contributed by atoms with Crippen molar-refractivity contribution in [1.29, 1.82) is 0 Å². The summed E-state index contributed by atoms with van der Waals surface area (Å²) in [6, 6.07) is 15.0. The molecule has 0 radical (unpaired) electrons. The molecule has 0 saturated carbocycles. The first-order chi connectivity index (χ1) is 12.7. The highest BCUT2D eigenvalue weighted by Crippen LogP contribution is 2.31. The molecule has 2 aromatic heterocycles. The number of halogens is 2. The van der Waals surface area contributed by atoms with Crippen LogP contribution >= 0.6 is 23.2 Å². The number of nitrogens with one attached hydrogen (secondary N) is 2. The van der Waals surface area contributed by atoms with Crippen molar-refractivity contribution < 1.29 is 0 Å². The average molecular weight is 383 g/mol. The van der Waals surface area contributed by atoms with Crippen LogP contribution in [-0.4, -0.2) is 20.2 Å². The highest BCUT2D eigenvalue weighted by atomic mass is 35.5. The quantitative estimate of drug-likeness (QED) is 0.504. The molecule has 4 rings (SSSR count). The predicted molar refractivity (Wildman–Crippen MR) is 105 cm³/mol. The van der Waals surface area contributed by atoms with E-state index in [-0.39, 0.29) is 5.95 Å². The second-order valence-electron chi connectivity index (χ2n) is 5.39. The fourth-order valence-corrected chi connectivity index (χ4v) is 2.98. The number of para-hydroxylation sites is 2. The van der Waals surface area contributed by atoms with Gasteiger partial charge in [-0.15, -0.1) is 5.10 Å². The number of rotatable bonds is 4. The summed E-state index contributed by atoms with van der Waals surface area (Å²) < 4.78 is 0. The van der Waals surface area contributed by atoms with Crippen LogP contribution in [0.25, 0.3) is 10.9 Å². The Labute approximate surface area is 159 Å². The van der Waals surface area contributed by atoms with E-state index in [0.29, 0.717) is 21.6 Å². The molecule has 8 heteroatoms. The Morgan fingerprint density at radius 3 is 2.46 bits per heavy atom. The van der Waals surface area contributed by atoms with E-state index in [0.717, 1.165) is 16.6 Å². The van der Waals surface area contributed by atoms with Crippen LogP contribution in [0.5, 0.6) is 0 Å². The lowest BCUT2D eigenvalue weighted by atomic mass is 10.2. The van der Waals surface area contributed by atoms with Crippen LogP contribution in [0.4, 0.5) is 23.1 Å². The molecule has 2 heterocycles. The number of hydrogen-bond acceptors (Lipinski definition) is 6. The van der Waals surface area contributed by atoms with Gasteiger partial charge < -0.3 is 10.6 Å². The second kappa shape index (κ2) is 7.11. The van der Waals surface area contributed by atoms with Crippen molar-refractivity contribution in [2.45, 2.75) is 0 Å². The highest BCUT2D eigenvalue weighted by Gasteiger charge is 2.09. The Balaban J connectivity index is 1.64. The predicted octanol–water partition coefficient (Wildman–Crippen LogP) is 5.21. The molecule has 0 aliphatic carbocycles. The molecule has 0 aliphatic heterocycles. The van der Waals surface area contributed by atoms with Gasteiger partial charge in [-0.3, -0.25) is 4.98 Å². The minimum Gasteiger partial charge on any atom is -0.337 e. The maximum absolute atomic E-state index is 6.17. The van der Waals surface area contributed by atoms with Crippen molar-refractivity contribution in [3.8, 4) is 0 Å². The van der Waals surface area contributed by atoms with Crippen molar-refractivity contribution in [3.63, 3.8) is 0 Å². The largest absolute Gasteiger partial charge is 0.337 e. The molecule has 128 valence electrons. The molecule has 2 N–H and O–H groups in total. The first-order valence-corrected chi connectivity index (χ1v) is 8.48. The zero-order valence-corrected chi connectivity index (χ0v) is 14.8. The molecule has 6 nitrogen and oxygen atoms in total. The maximum atomic E-state index is 6.17. The van der Waals surface area contributed by atoms with E-state index in [1.165, 1.54) is 6.20 Å². The zero-order valence-electron chi connectivity index (χ0n) is 13.3. The van der Waals surface area contributed by atoms with Crippen LogP contribution < -0.4 is 10.6 Å². The van der Waals surface area contributed by atoms with Crippen LogP contribution in [0.15, 0.2) is 60.9 Å². The Hall–Kier alpha value is -2.96. The summed E-state index contributed by atoms with van der Waals surface area (Å²) in [7, 11) is 0. The van der Waals surface area contributed by atoms with Crippen molar-refractivity contribution in [1.82, 2.24) is 20.2 Å². The van der Waals surface area contributed by atoms with Crippen LogP contribution in [0.2, 0.25) is 10.0 Å². The second-order valence-corrected chi connectivity index (χ2v) is 6.21. The van der Waals surface area contributed by atoms with Gasteiger partial charge in [-0.1, -0.05) is 47.5 Å². The van der Waals surface area contributed by atoms with Gasteiger partial charge >= 0.3 is 0 Å². The van der Waals surface area contributed by atoms with E-state index in [9.17, 15) is 0 Å². The van der Waals surface area contributed by atoms with Gasteiger partial charge in [-0.05, 0) is 24.3 Å². The minimum absolute atomic E-state index is 0.276. The van der Waals surface area contributed by atoms with Gasteiger partial charge in [-0.2, -0.15) is 10.1 Å². The molecule has 0 unspecified atom stereocenters. The van der Waals surface area contributed by atoms with E-state index in [2.05, 4.69) is 30.8 Å². The van der Waals surface area contributed by atoms with Crippen molar-refractivity contribution in [3.05, 3.63) is 71.0 Å². The third-order valence-corrected chi connectivity index (χ3v) is 4.28. The lowest BCUT2D eigenvalue weighted by Crippen LogP contribution is -2.03. The van der Waals surface area contributed by atoms with E-state index in [4.69, 9.17) is 23.2 Å². The standard InChI is InChI=1S/C18H12Cl2N6/c19-12-6-2-7-13(20)17(12)25-18-24-15(10-22-26-18)23-14-8-1-4-11-5-3-9-21-16(11)14/h1-10H,(H2,23,24,25,26). The summed E-state index contributed by atoms with van der Waals surface area (Å²) in [5, 5.41) is 16.1. The van der Waals surface area contributed by atoms with Gasteiger partial charge in [-0.25, -0.2) is 0 Å². The van der Waals surface area contributed by atoms with Gasteiger partial charge in [0.25, 0.3) is 0 Å². The van der Waals surface area contributed by atoms with Gasteiger partial charge in [0.1, 0.15) is 0 Å². The lowest BCUT2D eigenvalue weighted by Gasteiger charge is -2.11. The van der Waals surface area contributed by atoms with Gasteiger partial charge in [0.2, 0.25) is 5.95 Å². The summed E-state index contributed by atoms with van der Waals surface area (Å²) in [5.41, 5.74) is 2.20. The summed E-state index contributed by atoms with van der Waals surface area (Å²) in [6.45, 7) is 0. The van der Waals surface area contributed by atoms with E-state index in [1.54, 1.807) is 24.4 Å². The number of hydrogen-bond donors (Lipinski definition) is 2. The molecule has 2 aromatic carbocycles. The molecule has 0 atom stereocenters. The number of benzene rings is 2. The first-order valence-electron chi connectivity index (χ1n) is 7.72. The third kappa shape index (κ3) is 3.37. The van der Waals surface area contributed by atoms with Crippen LogP contribution in [0, 0.1) is 0 Å². The smallest absolute Gasteiger partial charge is 0.249 e. The highest BCUT2D eigenvalue weighted by molar-refractivity contribution is 6.39. The summed E-state index contributed by atoms with van der Waals surface area (Å²) in [6.07, 6.45) is 3.28. The van der Waals surface area contributed by atoms with Crippen LogP contribution in [0.1, 0.15) is 0 Å². The number of anilines is 4. The van der Waals surface area contributed by atoms with Gasteiger partial charge in [0.05, 0.1) is 33.1 Å². The Kier molecular flexibility index (Phi) is 4.51. The normalized spacial score (nSPS) is 10.7. The van der Waals surface area contributed by atoms with E-state index >= 15 is 0 Å². The monoisotopic (exact) mass is 382 g/mol.